The van der Waals surface area contributed by atoms with Crippen molar-refractivity contribution in [1.29, 1.82) is 0 Å². The maximum atomic E-state index is 13.0. The summed E-state index contributed by atoms with van der Waals surface area (Å²) < 4.78 is 19.3. The van der Waals surface area contributed by atoms with Gasteiger partial charge >= 0.3 is 0 Å². The minimum atomic E-state index is -0.328. The van der Waals surface area contributed by atoms with Gasteiger partial charge in [0.15, 0.2) is 0 Å². The Morgan fingerprint density at radius 2 is 2.00 bits per heavy atom. The first-order valence-corrected chi connectivity index (χ1v) is 5.84. The van der Waals surface area contributed by atoms with Gasteiger partial charge in [-0.05, 0) is 52.7 Å². The van der Waals surface area contributed by atoms with Gasteiger partial charge in [-0.15, -0.1) is 0 Å². The lowest BCUT2D eigenvalue weighted by atomic mass is 10.2. The van der Waals surface area contributed by atoms with Crippen molar-refractivity contribution in [3.8, 4) is 11.5 Å². The standard InChI is InChI=1S/C13H11BrFNO/c1-8-5-13(11(14)7-12(8)16)17-10-4-2-3-9(15)6-10/h2-7H,16H2,1H3. The first kappa shape index (κ1) is 11.9. The van der Waals surface area contributed by atoms with Crippen molar-refractivity contribution in [2.45, 2.75) is 6.92 Å². The predicted octanol–water partition coefficient (Wildman–Crippen LogP) is 4.27. The zero-order chi connectivity index (χ0) is 12.4. The Hall–Kier alpha value is -1.55. The van der Waals surface area contributed by atoms with Gasteiger partial charge in [-0.2, -0.15) is 0 Å². The van der Waals surface area contributed by atoms with E-state index in [1.807, 2.05) is 13.0 Å². The quantitative estimate of drug-likeness (QED) is 0.840. The summed E-state index contributed by atoms with van der Waals surface area (Å²) in [6.45, 7) is 1.89. The van der Waals surface area contributed by atoms with Crippen LogP contribution in [0.25, 0.3) is 0 Å². The molecule has 0 aromatic heterocycles. The summed E-state index contributed by atoms with van der Waals surface area (Å²) >= 11 is 3.36. The summed E-state index contributed by atoms with van der Waals surface area (Å²) in [7, 11) is 0. The number of anilines is 1. The smallest absolute Gasteiger partial charge is 0.142 e. The molecule has 17 heavy (non-hydrogen) atoms. The summed E-state index contributed by atoms with van der Waals surface area (Å²) in [5.74, 6) is 0.739. The zero-order valence-electron chi connectivity index (χ0n) is 9.21. The molecule has 0 saturated carbocycles. The second-order valence-corrected chi connectivity index (χ2v) is 4.55. The van der Waals surface area contributed by atoms with Gasteiger partial charge in [0.2, 0.25) is 0 Å². The molecule has 0 bridgehead atoms. The van der Waals surface area contributed by atoms with Crippen LogP contribution < -0.4 is 10.5 Å². The fraction of sp³-hybridized carbons (Fsp3) is 0.0769. The van der Waals surface area contributed by atoms with Crippen molar-refractivity contribution in [2.24, 2.45) is 0 Å². The van der Waals surface area contributed by atoms with Crippen LogP contribution in [0.5, 0.6) is 11.5 Å². The highest BCUT2D eigenvalue weighted by Crippen LogP contribution is 2.33. The van der Waals surface area contributed by atoms with Crippen LogP contribution in [0.1, 0.15) is 5.56 Å². The van der Waals surface area contributed by atoms with Gasteiger partial charge in [-0.25, -0.2) is 4.39 Å². The molecule has 88 valence electrons. The topological polar surface area (TPSA) is 35.2 Å². The van der Waals surface area contributed by atoms with Gasteiger partial charge in [0, 0.05) is 11.8 Å². The fourth-order valence-electron chi connectivity index (χ4n) is 1.41. The summed E-state index contributed by atoms with van der Waals surface area (Å²) in [5.41, 5.74) is 7.36. The minimum Gasteiger partial charge on any atom is -0.456 e. The summed E-state index contributed by atoms with van der Waals surface area (Å²) in [5, 5.41) is 0. The number of ether oxygens (including phenoxy) is 1. The molecule has 0 unspecified atom stereocenters. The van der Waals surface area contributed by atoms with Gasteiger partial charge in [0.25, 0.3) is 0 Å². The summed E-state index contributed by atoms with van der Waals surface area (Å²) in [6.07, 6.45) is 0. The molecule has 0 radical (unpaired) electrons. The highest BCUT2D eigenvalue weighted by Gasteiger charge is 2.06. The Bertz CT molecular complexity index is 557. The molecule has 0 aliphatic heterocycles. The molecule has 2 aromatic carbocycles. The molecule has 0 aliphatic carbocycles. The monoisotopic (exact) mass is 295 g/mol. The molecule has 0 saturated heterocycles. The van der Waals surface area contributed by atoms with Crippen molar-refractivity contribution in [1.82, 2.24) is 0 Å². The van der Waals surface area contributed by atoms with Crippen LogP contribution in [0.2, 0.25) is 0 Å². The fourth-order valence-corrected chi connectivity index (χ4v) is 1.85. The largest absolute Gasteiger partial charge is 0.456 e. The Morgan fingerprint density at radius 3 is 2.71 bits per heavy atom. The number of hydrogen-bond acceptors (Lipinski definition) is 2. The number of hydrogen-bond donors (Lipinski definition) is 1. The van der Waals surface area contributed by atoms with Crippen LogP contribution in [0.4, 0.5) is 10.1 Å². The third kappa shape index (κ3) is 2.77. The maximum Gasteiger partial charge on any atom is 0.142 e. The normalized spacial score (nSPS) is 10.3. The van der Waals surface area contributed by atoms with Crippen molar-refractivity contribution < 1.29 is 9.13 Å². The lowest BCUT2D eigenvalue weighted by Gasteiger charge is -2.10. The lowest BCUT2D eigenvalue weighted by molar-refractivity contribution is 0.473. The maximum absolute atomic E-state index is 13.0. The van der Waals surface area contributed by atoms with Crippen molar-refractivity contribution >= 4 is 21.6 Å². The van der Waals surface area contributed by atoms with Crippen molar-refractivity contribution in [2.75, 3.05) is 5.73 Å². The first-order valence-electron chi connectivity index (χ1n) is 5.05. The number of halogens is 2. The van der Waals surface area contributed by atoms with Gasteiger partial charge in [0.05, 0.1) is 4.47 Å². The van der Waals surface area contributed by atoms with E-state index in [1.54, 1.807) is 18.2 Å². The first-order chi connectivity index (χ1) is 8.06. The van der Waals surface area contributed by atoms with Crippen LogP contribution in [0.3, 0.4) is 0 Å². The number of nitrogen functional groups attached to an aromatic ring is 1. The van der Waals surface area contributed by atoms with E-state index >= 15 is 0 Å². The van der Waals surface area contributed by atoms with Gasteiger partial charge in [-0.1, -0.05) is 6.07 Å². The zero-order valence-corrected chi connectivity index (χ0v) is 10.8. The van der Waals surface area contributed by atoms with Gasteiger partial charge in [-0.3, -0.25) is 0 Å². The van der Waals surface area contributed by atoms with Crippen LogP contribution in [-0.4, -0.2) is 0 Å². The molecule has 0 spiro atoms. The molecule has 2 aromatic rings. The van der Waals surface area contributed by atoms with Crippen molar-refractivity contribution in [3.05, 3.63) is 52.3 Å². The minimum absolute atomic E-state index is 0.328. The predicted molar refractivity (Wildman–Crippen MR) is 69.8 cm³/mol. The third-order valence-corrected chi connectivity index (χ3v) is 2.96. The molecular weight excluding hydrogens is 285 g/mol. The molecule has 2 nitrogen and oxygen atoms in total. The molecule has 4 heteroatoms. The highest BCUT2D eigenvalue weighted by molar-refractivity contribution is 9.10. The number of rotatable bonds is 2. The molecule has 0 aliphatic rings. The van der Waals surface area contributed by atoms with E-state index in [0.717, 1.165) is 10.0 Å². The SMILES string of the molecule is Cc1cc(Oc2cccc(F)c2)c(Br)cc1N. The molecule has 0 fully saturated rings. The van der Waals surface area contributed by atoms with E-state index in [-0.39, 0.29) is 5.82 Å². The highest BCUT2D eigenvalue weighted by atomic mass is 79.9. The second kappa shape index (κ2) is 4.75. The van der Waals surface area contributed by atoms with Gasteiger partial charge in [0.1, 0.15) is 17.3 Å². The van der Waals surface area contributed by atoms with Crippen LogP contribution in [0, 0.1) is 12.7 Å². The number of benzene rings is 2. The molecule has 2 N–H and O–H groups in total. The average Bonchev–Trinajstić information content (AvgIpc) is 2.26. The average molecular weight is 296 g/mol. The van der Waals surface area contributed by atoms with Crippen LogP contribution >= 0.6 is 15.9 Å². The van der Waals surface area contributed by atoms with E-state index in [0.29, 0.717) is 17.2 Å². The Labute approximate surface area is 107 Å². The van der Waals surface area contributed by atoms with E-state index in [2.05, 4.69) is 15.9 Å². The van der Waals surface area contributed by atoms with E-state index in [1.165, 1.54) is 12.1 Å². The number of aryl methyl sites for hydroxylation is 1. The van der Waals surface area contributed by atoms with E-state index < -0.39 is 0 Å². The van der Waals surface area contributed by atoms with Gasteiger partial charge < -0.3 is 10.5 Å². The summed E-state index contributed by atoms with van der Waals surface area (Å²) in [4.78, 5) is 0. The Morgan fingerprint density at radius 1 is 1.24 bits per heavy atom. The molecule has 0 atom stereocenters. The number of nitrogens with two attached hydrogens (primary N) is 1. The summed E-state index contributed by atoms with van der Waals surface area (Å²) in [6, 6.07) is 9.58. The van der Waals surface area contributed by atoms with E-state index in [4.69, 9.17) is 10.5 Å². The molecule has 0 heterocycles. The third-order valence-electron chi connectivity index (χ3n) is 2.34. The Balaban J connectivity index is 2.33. The Kier molecular flexibility index (Phi) is 3.33. The molecule has 0 amide bonds. The molecule has 2 rings (SSSR count). The lowest BCUT2D eigenvalue weighted by Crippen LogP contribution is -1.92. The van der Waals surface area contributed by atoms with E-state index in [9.17, 15) is 4.39 Å². The van der Waals surface area contributed by atoms with Crippen molar-refractivity contribution in [3.63, 3.8) is 0 Å². The molecular formula is C13H11BrFNO. The van der Waals surface area contributed by atoms with Crippen LogP contribution in [-0.2, 0) is 0 Å². The van der Waals surface area contributed by atoms with Crippen LogP contribution in [0.15, 0.2) is 40.9 Å². The second-order valence-electron chi connectivity index (χ2n) is 3.70.